The molecule has 1 rings (SSSR count). The maximum atomic E-state index is 11.9. The Kier molecular flexibility index (Phi) is 3.72. The number of hydrazone groups is 1. The van der Waals surface area contributed by atoms with E-state index in [0.29, 0.717) is 0 Å². The Hall–Kier alpha value is -1.78. The SMILES string of the molecule is COc1ccc(N/N=C(\N)CF)cc1. The van der Waals surface area contributed by atoms with Gasteiger partial charge < -0.3 is 10.5 Å². The van der Waals surface area contributed by atoms with E-state index in [-0.39, 0.29) is 5.84 Å². The topological polar surface area (TPSA) is 59.6 Å². The van der Waals surface area contributed by atoms with Gasteiger partial charge >= 0.3 is 0 Å². The second kappa shape index (κ2) is 5.06. The standard InChI is InChI=1S/C9H12FN3O/c1-14-8-4-2-7(3-5-8)12-13-9(11)6-10/h2-5,12H,6H2,1H3,(H2,11,13). The minimum absolute atomic E-state index is 0.0826. The van der Waals surface area contributed by atoms with Gasteiger partial charge in [0.1, 0.15) is 12.4 Å². The summed E-state index contributed by atoms with van der Waals surface area (Å²) in [6.45, 7) is -0.761. The maximum Gasteiger partial charge on any atom is 0.151 e. The second-order valence-electron chi connectivity index (χ2n) is 2.58. The molecule has 4 nitrogen and oxygen atoms in total. The number of anilines is 1. The molecule has 3 N–H and O–H groups in total. The Balaban J connectivity index is 2.60. The molecule has 0 aliphatic carbocycles. The van der Waals surface area contributed by atoms with Gasteiger partial charge in [0, 0.05) is 0 Å². The van der Waals surface area contributed by atoms with Crippen molar-refractivity contribution in [2.24, 2.45) is 10.8 Å². The van der Waals surface area contributed by atoms with E-state index in [9.17, 15) is 4.39 Å². The normalized spacial score (nSPS) is 11.1. The lowest BCUT2D eigenvalue weighted by atomic mass is 10.3. The quantitative estimate of drug-likeness (QED) is 0.435. The van der Waals surface area contributed by atoms with Crippen LogP contribution >= 0.6 is 0 Å². The molecule has 76 valence electrons. The van der Waals surface area contributed by atoms with Gasteiger partial charge in [0.05, 0.1) is 12.8 Å². The van der Waals surface area contributed by atoms with Crippen LogP contribution < -0.4 is 15.9 Å². The molecule has 0 spiro atoms. The monoisotopic (exact) mass is 197 g/mol. The summed E-state index contributed by atoms with van der Waals surface area (Å²) in [7, 11) is 1.58. The van der Waals surface area contributed by atoms with Crippen LogP contribution in [-0.2, 0) is 0 Å². The number of nitrogens with zero attached hydrogens (tertiary/aromatic N) is 1. The van der Waals surface area contributed by atoms with Crippen molar-refractivity contribution in [2.45, 2.75) is 0 Å². The lowest BCUT2D eigenvalue weighted by Crippen LogP contribution is -2.15. The minimum atomic E-state index is -0.761. The van der Waals surface area contributed by atoms with E-state index >= 15 is 0 Å². The van der Waals surface area contributed by atoms with Gasteiger partial charge in [0.2, 0.25) is 0 Å². The van der Waals surface area contributed by atoms with Gasteiger partial charge in [-0.15, -0.1) is 0 Å². The zero-order valence-corrected chi connectivity index (χ0v) is 7.83. The molecule has 14 heavy (non-hydrogen) atoms. The van der Waals surface area contributed by atoms with Crippen molar-refractivity contribution in [3.63, 3.8) is 0 Å². The van der Waals surface area contributed by atoms with Crippen molar-refractivity contribution >= 4 is 11.5 Å². The van der Waals surface area contributed by atoms with Crippen molar-refractivity contribution in [2.75, 3.05) is 19.2 Å². The van der Waals surface area contributed by atoms with Crippen LogP contribution in [0, 0.1) is 0 Å². The number of methoxy groups -OCH3 is 1. The van der Waals surface area contributed by atoms with Gasteiger partial charge in [0.15, 0.2) is 5.84 Å². The van der Waals surface area contributed by atoms with E-state index in [2.05, 4.69) is 10.5 Å². The van der Waals surface area contributed by atoms with E-state index in [1.165, 1.54) is 0 Å². The third-order valence-corrected chi connectivity index (χ3v) is 1.56. The predicted octanol–water partition coefficient (Wildman–Crippen LogP) is 1.35. The molecule has 0 atom stereocenters. The van der Waals surface area contributed by atoms with Gasteiger partial charge in [-0.2, -0.15) is 5.10 Å². The highest BCUT2D eigenvalue weighted by atomic mass is 19.1. The first-order chi connectivity index (χ1) is 6.76. The molecule has 0 bridgehead atoms. The predicted molar refractivity (Wildman–Crippen MR) is 54.2 cm³/mol. The first kappa shape index (κ1) is 10.3. The summed E-state index contributed by atoms with van der Waals surface area (Å²) in [6, 6.07) is 7.05. The van der Waals surface area contributed by atoms with Gasteiger partial charge in [-0.25, -0.2) is 4.39 Å². The zero-order chi connectivity index (χ0) is 10.4. The maximum absolute atomic E-state index is 11.9. The number of rotatable bonds is 4. The van der Waals surface area contributed by atoms with E-state index in [1.54, 1.807) is 31.4 Å². The Morgan fingerprint density at radius 3 is 2.64 bits per heavy atom. The Labute approximate surface area is 81.6 Å². The lowest BCUT2D eigenvalue weighted by Gasteiger charge is -2.02. The van der Waals surface area contributed by atoms with Crippen molar-refractivity contribution in [1.29, 1.82) is 0 Å². The second-order valence-corrected chi connectivity index (χ2v) is 2.58. The average Bonchev–Trinajstić information content (AvgIpc) is 2.26. The summed E-state index contributed by atoms with van der Waals surface area (Å²) < 4.78 is 16.9. The Bertz CT molecular complexity index is 310. The summed E-state index contributed by atoms with van der Waals surface area (Å²) >= 11 is 0. The highest BCUT2D eigenvalue weighted by Crippen LogP contribution is 2.14. The van der Waals surface area contributed by atoms with E-state index in [0.717, 1.165) is 11.4 Å². The number of halogens is 1. The molecule has 0 amide bonds. The fourth-order valence-electron chi connectivity index (χ4n) is 0.832. The minimum Gasteiger partial charge on any atom is -0.497 e. The Morgan fingerprint density at radius 1 is 1.50 bits per heavy atom. The first-order valence-electron chi connectivity index (χ1n) is 4.04. The van der Waals surface area contributed by atoms with Crippen LogP contribution in [0.3, 0.4) is 0 Å². The summed E-state index contributed by atoms with van der Waals surface area (Å²) in [5, 5.41) is 3.60. The first-order valence-corrected chi connectivity index (χ1v) is 4.04. The molecule has 0 fully saturated rings. The molecule has 0 aliphatic heterocycles. The molecule has 0 unspecified atom stereocenters. The summed E-state index contributed by atoms with van der Waals surface area (Å²) in [6.07, 6.45) is 0. The molecule has 1 aromatic rings. The Morgan fingerprint density at radius 2 is 2.14 bits per heavy atom. The van der Waals surface area contributed by atoms with Gasteiger partial charge in [-0.1, -0.05) is 0 Å². The number of ether oxygens (including phenoxy) is 1. The number of benzene rings is 1. The molecule has 1 aromatic carbocycles. The molecular formula is C9H12FN3O. The summed E-state index contributed by atoms with van der Waals surface area (Å²) in [4.78, 5) is 0. The molecule has 0 aliphatic rings. The van der Waals surface area contributed by atoms with Crippen LogP contribution in [0.1, 0.15) is 0 Å². The van der Waals surface area contributed by atoms with Gasteiger partial charge in [-0.05, 0) is 24.3 Å². The molecule has 0 saturated carbocycles. The number of amidine groups is 1. The highest BCUT2D eigenvalue weighted by molar-refractivity contribution is 5.82. The van der Waals surface area contributed by atoms with Crippen LogP contribution in [-0.4, -0.2) is 19.6 Å². The third kappa shape index (κ3) is 2.93. The molecule has 5 heteroatoms. The fourth-order valence-corrected chi connectivity index (χ4v) is 0.832. The third-order valence-electron chi connectivity index (χ3n) is 1.56. The molecule has 0 saturated heterocycles. The molecule has 0 aromatic heterocycles. The van der Waals surface area contributed by atoms with Crippen LogP contribution in [0.5, 0.6) is 5.75 Å². The zero-order valence-electron chi connectivity index (χ0n) is 7.83. The largest absolute Gasteiger partial charge is 0.497 e. The lowest BCUT2D eigenvalue weighted by molar-refractivity contribution is 0.415. The number of hydrogen-bond acceptors (Lipinski definition) is 3. The van der Waals surface area contributed by atoms with Gasteiger partial charge in [0.25, 0.3) is 0 Å². The number of hydrogen-bond donors (Lipinski definition) is 2. The van der Waals surface area contributed by atoms with Crippen LogP contribution in [0.25, 0.3) is 0 Å². The van der Waals surface area contributed by atoms with Crippen molar-refractivity contribution in [1.82, 2.24) is 0 Å². The molecule has 0 heterocycles. The van der Waals surface area contributed by atoms with E-state index in [1.807, 2.05) is 0 Å². The molecule has 0 radical (unpaired) electrons. The summed E-state index contributed by atoms with van der Waals surface area (Å²) in [5.41, 5.74) is 8.50. The van der Waals surface area contributed by atoms with Crippen molar-refractivity contribution < 1.29 is 9.13 Å². The number of nitrogens with one attached hydrogen (secondary N) is 1. The van der Waals surface area contributed by atoms with Crippen molar-refractivity contribution in [3.05, 3.63) is 24.3 Å². The highest BCUT2D eigenvalue weighted by Gasteiger charge is 1.93. The summed E-state index contributed by atoms with van der Waals surface area (Å²) in [5.74, 6) is 0.666. The van der Waals surface area contributed by atoms with Gasteiger partial charge in [-0.3, -0.25) is 5.43 Å². The number of nitrogens with two attached hydrogens (primary N) is 1. The fraction of sp³-hybridized carbons (Fsp3) is 0.222. The van der Waals surface area contributed by atoms with Crippen LogP contribution in [0.4, 0.5) is 10.1 Å². The van der Waals surface area contributed by atoms with Crippen molar-refractivity contribution in [3.8, 4) is 5.75 Å². The average molecular weight is 197 g/mol. The van der Waals surface area contributed by atoms with Crippen LogP contribution in [0.2, 0.25) is 0 Å². The van der Waals surface area contributed by atoms with Crippen LogP contribution in [0.15, 0.2) is 29.4 Å². The molecular weight excluding hydrogens is 185 g/mol. The van der Waals surface area contributed by atoms with E-state index in [4.69, 9.17) is 10.5 Å². The number of alkyl halides is 1. The van der Waals surface area contributed by atoms with E-state index < -0.39 is 6.67 Å². The smallest absolute Gasteiger partial charge is 0.151 e.